The number of unbranched alkanes of at least 4 members (excludes halogenated alkanes) is 2. The molecule has 12 heteroatoms. The van der Waals surface area contributed by atoms with Gasteiger partial charge in [0.05, 0.1) is 6.04 Å². The highest BCUT2D eigenvalue weighted by molar-refractivity contribution is 5.95. The van der Waals surface area contributed by atoms with Gasteiger partial charge in [0.2, 0.25) is 11.8 Å². The highest BCUT2D eigenvalue weighted by Gasteiger charge is 2.31. The molecule has 12 nitrogen and oxygen atoms in total. The van der Waals surface area contributed by atoms with Gasteiger partial charge >= 0.3 is 12.1 Å². The first-order chi connectivity index (χ1) is 27.5. The Morgan fingerprint density at radius 2 is 1.76 bits per heavy atom. The van der Waals surface area contributed by atoms with Crippen LogP contribution < -0.4 is 16.0 Å². The summed E-state index contributed by atoms with van der Waals surface area (Å²) in [6, 6.07) is -0.734. The number of rotatable bonds is 23. The molecule has 3 N–H and O–H groups in total. The maximum atomic E-state index is 13.3. The second-order valence-electron chi connectivity index (χ2n) is 15.7. The molecule has 0 fully saturated rings. The summed E-state index contributed by atoms with van der Waals surface area (Å²) in [6.07, 6.45) is 20.6. The molecule has 2 aliphatic rings. The van der Waals surface area contributed by atoms with Gasteiger partial charge in [0.25, 0.3) is 5.91 Å². The van der Waals surface area contributed by atoms with E-state index in [-0.39, 0.29) is 42.0 Å². The van der Waals surface area contributed by atoms with E-state index in [2.05, 4.69) is 34.4 Å². The number of nitrogens with one attached hydrogen (secondary N) is 3. The predicted molar refractivity (Wildman–Crippen MR) is 227 cm³/mol. The minimum Gasteiger partial charge on any atom is -0.458 e. The van der Waals surface area contributed by atoms with E-state index in [4.69, 9.17) is 9.47 Å². The number of esters is 1. The summed E-state index contributed by atoms with van der Waals surface area (Å²) in [5.74, 6) is 4.83. The van der Waals surface area contributed by atoms with Gasteiger partial charge < -0.3 is 30.3 Å². The third-order valence-electron chi connectivity index (χ3n) is 9.47. The monoisotopic (exact) mass is 800 g/mol. The predicted octanol–water partition coefficient (Wildman–Crippen LogP) is 6.87. The molecule has 0 saturated carbocycles. The van der Waals surface area contributed by atoms with Crippen LogP contribution in [-0.4, -0.2) is 78.4 Å². The molecule has 0 aromatic heterocycles. The maximum absolute atomic E-state index is 13.3. The van der Waals surface area contributed by atoms with Crippen LogP contribution >= 0.6 is 0 Å². The summed E-state index contributed by atoms with van der Waals surface area (Å²) >= 11 is 0. The number of ketones is 1. The van der Waals surface area contributed by atoms with Crippen LogP contribution in [0.1, 0.15) is 106 Å². The molecule has 0 radical (unpaired) electrons. The molecular weight excluding hydrogens is 737 g/mol. The highest BCUT2D eigenvalue weighted by Crippen LogP contribution is 2.23. The van der Waals surface area contributed by atoms with Crippen molar-refractivity contribution in [1.29, 1.82) is 0 Å². The quantitative estimate of drug-likeness (QED) is 0.0252. The lowest BCUT2D eigenvalue weighted by Crippen LogP contribution is -2.48. The Morgan fingerprint density at radius 3 is 2.43 bits per heavy atom. The lowest BCUT2D eigenvalue weighted by Gasteiger charge is -2.29. The largest absolute Gasteiger partial charge is 0.458 e. The first-order valence-corrected chi connectivity index (χ1v) is 20.2. The van der Waals surface area contributed by atoms with Gasteiger partial charge in [-0.2, -0.15) is 0 Å². The van der Waals surface area contributed by atoms with Crippen LogP contribution in [0.5, 0.6) is 0 Å². The van der Waals surface area contributed by atoms with E-state index < -0.39 is 29.6 Å². The van der Waals surface area contributed by atoms with Crippen molar-refractivity contribution in [1.82, 2.24) is 20.9 Å². The van der Waals surface area contributed by atoms with E-state index in [1.165, 1.54) is 12.2 Å². The van der Waals surface area contributed by atoms with Crippen LogP contribution in [0.2, 0.25) is 0 Å². The fourth-order valence-corrected chi connectivity index (χ4v) is 6.09. The van der Waals surface area contributed by atoms with Crippen LogP contribution in [0.4, 0.5) is 4.79 Å². The summed E-state index contributed by atoms with van der Waals surface area (Å²) in [6.45, 7) is 18.2. The van der Waals surface area contributed by atoms with Crippen molar-refractivity contribution in [2.45, 2.75) is 125 Å². The number of carbonyl (C=O) groups excluding carboxylic acids is 6. The molecule has 316 valence electrons. The third-order valence-corrected chi connectivity index (χ3v) is 9.47. The van der Waals surface area contributed by atoms with E-state index in [0.29, 0.717) is 69.4 Å². The van der Waals surface area contributed by atoms with Gasteiger partial charge in [0.15, 0.2) is 5.78 Å². The second-order valence-corrected chi connectivity index (χ2v) is 15.7. The minimum atomic E-state index is -0.734. The van der Waals surface area contributed by atoms with Crippen LogP contribution in [0.25, 0.3) is 0 Å². The lowest BCUT2D eigenvalue weighted by molar-refractivity contribution is -0.147. The molecule has 0 aliphatic carbocycles. The van der Waals surface area contributed by atoms with Crippen molar-refractivity contribution in [3.8, 4) is 11.8 Å². The van der Waals surface area contributed by atoms with Gasteiger partial charge in [-0.3, -0.25) is 19.2 Å². The number of amides is 4. The first-order valence-electron chi connectivity index (χ1n) is 20.2. The number of cyclic esters (lactones) is 1. The van der Waals surface area contributed by atoms with Crippen molar-refractivity contribution in [3.05, 3.63) is 84.2 Å². The van der Waals surface area contributed by atoms with Crippen LogP contribution in [0, 0.1) is 23.2 Å². The molecule has 2 rings (SSSR count). The smallest absolute Gasteiger partial charge is 0.407 e. The van der Waals surface area contributed by atoms with E-state index >= 15 is 0 Å². The summed E-state index contributed by atoms with van der Waals surface area (Å²) < 4.78 is 11.1. The van der Waals surface area contributed by atoms with Gasteiger partial charge in [0.1, 0.15) is 12.2 Å². The third kappa shape index (κ3) is 19.1. The maximum Gasteiger partial charge on any atom is 0.407 e. The summed E-state index contributed by atoms with van der Waals surface area (Å²) in [4.78, 5) is 76.0. The number of Topliss-reactive ketones (excluding diaryl/α,β-unsaturated/α-hetero) is 1. The van der Waals surface area contributed by atoms with Crippen molar-refractivity contribution < 1.29 is 38.2 Å². The standard InChI is InChI=1S/C46H64N4O8/c1-9-10-20-37(57-45(56)48-30-18-29-47-40(52)23-12-11-17-31-50-36(5)26-28-42(50)54)21-14-15-22-38(51)43(46(6,7)8)49-41(53)24-16-13-19-33(2)32-35(4)39-27-25-34(3)44(55)58-39/h13-16,19,24-26,28,32,35,37,39,43H,5,11-12,17-18,20-23,27,29-31H2,1-4,6-8H3,(H,47,52)(H,48,56)(H,49,53)/b15-14-,19-13-,24-16-,33-32+/t35-,37-,39-,43+/m0/s1. The number of ether oxygens (including phenoxy) is 2. The van der Waals surface area contributed by atoms with Crippen LogP contribution in [0.3, 0.4) is 0 Å². The summed E-state index contributed by atoms with van der Waals surface area (Å²) in [5, 5.41) is 8.41. The molecule has 4 amide bonds. The fraction of sp³-hybridized carbons (Fsp3) is 0.522. The van der Waals surface area contributed by atoms with Gasteiger partial charge in [-0.15, -0.1) is 5.92 Å². The molecule has 2 heterocycles. The van der Waals surface area contributed by atoms with E-state index in [0.717, 1.165) is 18.4 Å². The number of nitrogens with zero attached hydrogens (tertiary/aromatic N) is 1. The van der Waals surface area contributed by atoms with Crippen LogP contribution in [0.15, 0.2) is 84.2 Å². The normalized spacial score (nSPS) is 17.5. The van der Waals surface area contributed by atoms with E-state index in [1.807, 2.05) is 52.8 Å². The molecule has 0 spiro atoms. The van der Waals surface area contributed by atoms with Crippen molar-refractivity contribution >= 4 is 35.6 Å². The highest BCUT2D eigenvalue weighted by atomic mass is 16.6. The van der Waals surface area contributed by atoms with Gasteiger partial charge in [0, 0.05) is 81.1 Å². The number of hydrogen-bond donors (Lipinski definition) is 3. The Bertz CT molecular complexity index is 1700. The van der Waals surface area contributed by atoms with Crippen LogP contribution in [-0.2, 0) is 33.4 Å². The Kier molecular flexibility index (Phi) is 21.6. The fourth-order valence-electron chi connectivity index (χ4n) is 6.09. The molecule has 4 atom stereocenters. The molecule has 0 saturated heterocycles. The summed E-state index contributed by atoms with van der Waals surface area (Å²) in [7, 11) is 0. The number of allylic oxidation sites excluding steroid dienone is 6. The lowest BCUT2D eigenvalue weighted by atomic mass is 9.83. The topological polar surface area (TPSA) is 160 Å². The first kappa shape index (κ1) is 48.7. The van der Waals surface area contributed by atoms with Gasteiger partial charge in [-0.1, -0.05) is 94.7 Å². The molecule has 0 aromatic rings. The van der Waals surface area contributed by atoms with Crippen molar-refractivity contribution in [2.75, 3.05) is 19.6 Å². The molecule has 0 unspecified atom stereocenters. The zero-order valence-corrected chi connectivity index (χ0v) is 35.5. The van der Waals surface area contributed by atoms with E-state index in [9.17, 15) is 28.8 Å². The second kappa shape index (κ2) is 25.7. The number of carbonyl (C=O) groups is 6. The molecule has 2 aliphatic heterocycles. The van der Waals surface area contributed by atoms with Crippen molar-refractivity contribution in [2.24, 2.45) is 11.3 Å². The average Bonchev–Trinajstić information content (AvgIpc) is 3.48. The Hall–Kier alpha value is -5.44. The van der Waals surface area contributed by atoms with Gasteiger partial charge in [-0.05, 0) is 51.5 Å². The zero-order chi connectivity index (χ0) is 43.1. The Morgan fingerprint density at radius 1 is 1.03 bits per heavy atom. The number of hydrogen-bond acceptors (Lipinski definition) is 8. The number of alkyl carbamates (subject to hydrolysis) is 1. The Labute approximate surface area is 345 Å². The summed E-state index contributed by atoms with van der Waals surface area (Å²) in [5.41, 5.74) is 1.75. The van der Waals surface area contributed by atoms with E-state index in [1.54, 1.807) is 49.1 Å². The molecular formula is C46H64N4O8. The SMILES string of the molecule is C=C1C=CC(=O)N1CCCCCC(=O)NCCCNC(=O)O[C@@H](CC#CC)C/C=C\CC(=O)[C@@H](NC(=O)\C=C/C=C\C(C)=C\[C@H](C)[C@@H]1CC=C(C)C(=O)O1)C(C)(C)C. The zero-order valence-electron chi connectivity index (χ0n) is 35.5. The molecule has 58 heavy (non-hydrogen) atoms. The minimum absolute atomic E-state index is 0.0259. The van der Waals surface area contributed by atoms with Crippen molar-refractivity contribution in [3.63, 3.8) is 0 Å². The van der Waals surface area contributed by atoms with Gasteiger partial charge in [-0.25, -0.2) is 9.59 Å². The molecule has 0 aromatic carbocycles. The average molecular weight is 801 g/mol. The molecule has 0 bridgehead atoms. The Balaban J connectivity index is 1.72.